The minimum Gasteiger partial charge on any atom is -0.507 e. The van der Waals surface area contributed by atoms with Crippen molar-refractivity contribution in [3.05, 3.63) is 80.5 Å². The summed E-state index contributed by atoms with van der Waals surface area (Å²) in [6.07, 6.45) is 0. The number of rotatable bonds is 5. The van der Waals surface area contributed by atoms with Gasteiger partial charge >= 0.3 is 0 Å². The molecule has 158 valence electrons. The second-order valence-corrected chi connectivity index (χ2v) is 8.57. The van der Waals surface area contributed by atoms with Crippen LogP contribution in [0, 0.1) is 0 Å². The molecule has 1 saturated heterocycles. The molecule has 1 N–H and O–H groups in total. The zero-order valence-corrected chi connectivity index (χ0v) is 19.1. The van der Waals surface area contributed by atoms with Crippen molar-refractivity contribution in [1.82, 2.24) is 0 Å². The number of benzene rings is 2. The van der Waals surface area contributed by atoms with Crippen molar-refractivity contribution in [2.75, 3.05) is 19.1 Å². The van der Waals surface area contributed by atoms with Gasteiger partial charge in [-0.05, 0) is 57.7 Å². The summed E-state index contributed by atoms with van der Waals surface area (Å²) in [6.45, 7) is 0. The van der Waals surface area contributed by atoms with E-state index >= 15 is 0 Å². The second-order valence-electron chi connectivity index (χ2n) is 6.74. The number of halogens is 1. The quantitative estimate of drug-likeness (QED) is 0.298. The number of ketones is 1. The van der Waals surface area contributed by atoms with Crippen molar-refractivity contribution in [2.24, 2.45) is 0 Å². The van der Waals surface area contributed by atoms with E-state index in [9.17, 15) is 14.7 Å². The Morgan fingerprint density at radius 3 is 2.52 bits per heavy atom. The highest BCUT2D eigenvalue weighted by Crippen LogP contribution is 2.44. The number of carbonyl (C=O) groups excluding carboxylic acids is 2. The van der Waals surface area contributed by atoms with Gasteiger partial charge in [0.1, 0.15) is 23.3 Å². The van der Waals surface area contributed by atoms with Crippen LogP contribution >= 0.6 is 27.3 Å². The lowest BCUT2D eigenvalue weighted by molar-refractivity contribution is -0.132. The highest BCUT2D eigenvalue weighted by molar-refractivity contribution is 9.10. The van der Waals surface area contributed by atoms with Gasteiger partial charge in [0.2, 0.25) is 0 Å². The molecule has 2 heterocycles. The van der Waals surface area contributed by atoms with Gasteiger partial charge in [0.15, 0.2) is 0 Å². The van der Waals surface area contributed by atoms with Gasteiger partial charge in [0.05, 0.1) is 24.3 Å². The van der Waals surface area contributed by atoms with E-state index in [1.165, 1.54) is 30.5 Å². The Balaban J connectivity index is 1.91. The highest BCUT2D eigenvalue weighted by Gasteiger charge is 2.47. The number of aliphatic hydroxyl groups is 1. The van der Waals surface area contributed by atoms with Crippen LogP contribution in [0.1, 0.15) is 16.5 Å². The van der Waals surface area contributed by atoms with Gasteiger partial charge in [-0.25, -0.2) is 0 Å². The van der Waals surface area contributed by atoms with Crippen LogP contribution in [0.2, 0.25) is 0 Å². The predicted molar refractivity (Wildman–Crippen MR) is 123 cm³/mol. The highest BCUT2D eigenvalue weighted by atomic mass is 79.9. The SMILES string of the molecule is COc1cccc(N2C(=O)C(=O)/C(=C(\O)c3ccc(OC)c(Br)c3)C2c2cccs2)c1. The summed E-state index contributed by atoms with van der Waals surface area (Å²) in [4.78, 5) is 28.4. The maximum absolute atomic E-state index is 13.1. The van der Waals surface area contributed by atoms with Gasteiger partial charge in [0.25, 0.3) is 11.7 Å². The molecule has 0 radical (unpaired) electrons. The number of Topliss-reactive ketones (excluding diaryl/α,β-unsaturated/α-hetero) is 1. The fourth-order valence-corrected chi connectivity index (χ4v) is 4.91. The first-order valence-electron chi connectivity index (χ1n) is 9.28. The van der Waals surface area contributed by atoms with E-state index in [1.807, 2.05) is 17.5 Å². The van der Waals surface area contributed by atoms with E-state index in [1.54, 1.807) is 42.5 Å². The normalized spacial score (nSPS) is 17.8. The van der Waals surface area contributed by atoms with E-state index in [2.05, 4.69) is 15.9 Å². The summed E-state index contributed by atoms with van der Waals surface area (Å²) < 4.78 is 11.1. The lowest BCUT2D eigenvalue weighted by Gasteiger charge is -2.24. The number of amides is 1. The molecule has 0 spiro atoms. The summed E-state index contributed by atoms with van der Waals surface area (Å²) in [5.41, 5.74) is 0.944. The number of nitrogens with zero attached hydrogens (tertiary/aromatic N) is 1. The fourth-order valence-electron chi connectivity index (χ4n) is 3.54. The molecule has 0 aliphatic carbocycles. The van der Waals surface area contributed by atoms with Crippen LogP contribution in [0.5, 0.6) is 11.5 Å². The molecule has 2 aromatic carbocycles. The average Bonchev–Trinajstić information content (AvgIpc) is 3.40. The van der Waals surface area contributed by atoms with Gasteiger partial charge in [-0.1, -0.05) is 12.1 Å². The maximum atomic E-state index is 13.1. The van der Waals surface area contributed by atoms with Gasteiger partial charge < -0.3 is 14.6 Å². The van der Waals surface area contributed by atoms with Gasteiger partial charge in [-0.3, -0.25) is 14.5 Å². The molecule has 0 bridgehead atoms. The molecule has 1 aliphatic heterocycles. The third-order valence-electron chi connectivity index (χ3n) is 5.01. The molecule has 8 heteroatoms. The molecule has 4 rings (SSSR count). The van der Waals surface area contributed by atoms with Crippen LogP contribution in [0.3, 0.4) is 0 Å². The third-order valence-corrected chi connectivity index (χ3v) is 6.56. The molecule has 6 nitrogen and oxygen atoms in total. The minimum absolute atomic E-state index is 0.0346. The van der Waals surface area contributed by atoms with Crippen LogP contribution < -0.4 is 14.4 Å². The van der Waals surface area contributed by atoms with Crippen LogP contribution in [0.4, 0.5) is 5.69 Å². The molecule has 1 aromatic heterocycles. The molecule has 1 unspecified atom stereocenters. The van der Waals surface area contributed by atoms with E-state index in [0.717, 1.165) is 4.88 Å². The Kier molecular flexibility index (Phi) is 5.84. The summed E-state index contributed by atoms with van der Waals surface area (Å²) in [7, 11) is 3.07. The Morgan fingerprint density at radius 1 is 1.06 bits per heavy atom. The van der Waals surface area contributed by atoms with Crippen LogP contribution in [-0.4, -0.2) is 31.0 Å². The topological polar surface area (TPSA) is 76.1 Å². The number of carbonyl (C=O) groups is 2. The Morgan fingerprint density at radius 2 is 1.87 bits per heavy atom. The Hall–Kier alpha value is -3.10. The molecule has 0 saturated carbocycles. The number of ether oxygens (including phenoxy) is 2. The molecular weight excluding hydrogens is 482 g/mol. The number of hydrogen-bond acceptors (Lipinski definition) is 6. The minimum atomic E-state index is -0.756. The van der Waals surface area contributed by atoms with E-state index in [4.69, 9.17) is 9.47 Å². The summed E-state index contributed by atoms with van der Waals surface area (Å²) in [5.74, 6) is -0.552. The Labute approximate surface area is 191 Å². The number of anilines is 1. The number of methoxy groups -OCH3 is 2. The molecular formula is C23H18BrNO5S. The van der Waals surface area contributed by atoms with E-state index in [0.29, 0.717) is 27.2 Å². The summed E-state index contributed by atoms with van der Waals surface area (Å²) >= 11 is 4.80. The average molecular weight is 500 g/mol. The van der Waals surface area contributed by atoms with Crippen molar-refractivity contribution in [3.63, 3.8) is 0 Å². The first kappa shape index (κ1) is 21.1. The number of aliphatic hydroxyl groups excluding tert-OH is 1. The first-order valence-corrected chi connectivity index (χ1v) is 11.0. The Bertz CT molecular complexity index is 1190. The molecule has 1 aliphatic rings. The molecule has 31 heavy (non-hydrogen) atoms. The summed E-state index contributed by atoms with van der Waals surface area (Å²) in [5, 5.41) is 13.0. The van der Waals surface area contributed by atoms with Crippen LogP contribution in [0.15, 0.2) is 70.0 Å². The molecule has 1 fully saturated rings. The third kappa shape index (κ3) is 3.73. The van der Waals surface area contributed by atoms with Gasteiger partial charge in [-0.2, -0.15) is 0 Å². The van der Waals surface area contributed by atoms with E-state index < -0.39 is 17.7 Å². The first-order chi connectivity index (χ1) is 15.0. The summed E-state index contributed by atoms with van der Waals surface area (Å²) in [6, 6.07) is 14.8. The molecule has 1 amide bonds. The molecule has 3 aromatic rings. The zero-order valence-electron chi connectivity index (χ0n) is 16.7. The van der Waals surface area contributed by atoms with E-state index in [-0.39, 0.29) is 11.3 Å². The lowest BCUT2D eigenvalue weighted by atomic mass is 9.99. The maximum Gasteiger partial charge on any atom is 0.300 e. The predicted octanol–water partition coefficient (Wildman–Crippen LogP) is 5.15. The zero-order chi connectivity index (χ0) is 22.1. The monoisotopic (exact) mass is 499 g/mol. The van der Waals surface area contributed by atoms with Crippen molar-refractivity contribution in [1.29, 1.82) is 0 Å². The standard InChI is InChI=1S/C23H18BrNO5S/c1-29-15-6-3-5-14(12-15)25-20(18-7-4-10-31-18)19(22(27)23(25)28)21(26)13-8-9-17(30-2)16(24)11-13/h3-12,20,26H,1-2H3/b21-19-. The smallest absolute Gasteiger partial charge is 0.300 e. The number of hydrogen-bond donors (Lipinski definition) is 1. The van der Waals surface area contributed by atoms with Crippen LogP contribution in [-0.2, 0) is 9.59 Å². The second kappa shape index (κ2) is 8.56. The lowest BCUT2D eigenvalue weighted by Crippen LogP contribution is -2.29. The molecule has 1 atom stereocenters. The number of thiophene rings is 1. The van der Waals surface area contributed by atoms with Crippen molar-refractivity contribution in [2.45, 2.75) is 6.04 Å². The van der Waals surface area contributed by atoms with Gasteiger partial charge in [0, 0.05) is 22.2 Å². The van der Waals surface area contributed by atoms with Crippen LogP contribution in [0.25, 0.3) is 5.76 Å². The van der Waals surface area contributed by atoms with Crippen molar-refractivity contribution < 1.29 is 24.2 Å². The fraction of sp³-hybridized carbons (Fsp3) is 0.130. The van der Waals surface area contributed by atoms with Crippen molar-refractivity contribution in [3.8, 4) is 11.5 Å². The van der Waals surface area contributed by atoms with Crippen molar-refractivity contribution >= 4 is 50.4 Å². The largest absolute Gasteiger partial charge is 0.507 e. The van der Waals surface area contributed by atoms with Gasteiger partial charge in [-0.15, -0.1) is 11.3 Å².